The Morgan fingerprint density at radius 2 is 2.24 bits per heavy atom. The van der Waals surface area contributed by atoms with Crippen molar-refractivity contribution in [3.05, 3.63) is 47.0 Å². The zero-order valence-electron chi connectivity index (χ0n) is 8.68. The maximum atomic E-state index is 10.6. The van der Waals surface area contributed by atoms with Gasteiger partial charge in [0.25, 0.3) is 0 Å². The predicted molar refractivity (Wildman–Crippen MR) is 61.3 cm³/mol. The lowest BCUT2D eigenvalue weighted by Gasteiger charge is -2.05. The molecule has 0 atom stereocenters. The van der Waals surface area contributed by atoms with Gasteiger partial charge in [0.2, 0.25) is 0 Å². The number of nitrogens with zero attached hydrogens (tertiary/aromatic N) is 1. The van der Waals surface area contributed by atoms with Crippen molar-refractivity contribution in [3.63, 3.8) is 0 Å². The molecule has 0 saturated carbocycles. The molecule has 88 valence electrons. The smallest absolute Gasteiger partial charge is 0.353 e. The number of ether oxygens (including phenoxy) is 1. The molecule has 5 nitrogen and oxygen atoms in total. The first-order chi connectivity index (χ1) is 8.16. The normalized spacial score (nSPS) is 10.2. The number of halogens is 1. The molecular weight excluding hydrogens is 244 g/mol. The van der Waals surface area contributed by atoms with Crippen molar-refractivity contribution in [2.45, 2.75) is 6.61 Å². The van der Waals surface area contributed by atoms with E-state index in [4.69, 9.17) is 21.4 Å². The van der Waals surface area contributed by atoms with Gasteiger partial charge in [-0.1, -0.05) is 23.7 Å². The van der Waals surface area contributed by atoms with Crippen molar-refractivity contribution in [3.8, 4) is 5.75 Å². The molecule has 1 aromatic carbocycles. The van der Waals surface area contributed by atoms with Crippen LogP contribution in [-0.4, -0.2) is 21.0 Å². The number of carbonyl (C=O) groups is 1. The lowest BCUT2D eigenvalue weighted by atomic mass is 10.3. The van der Waals surface area contributed by atoms with Crippen LogP contribution in [0, 0.1) is 0 Å². The number of carboxylic acids is 1. The van der Waals surface area contributed by atoms with Gasteiger partial charge in [-0.15, -0.1) is 0 Å². The maximum absolute atomic E-state index is 10.6. The molecule has 0 saturated heterocycles. The topological polar surface area (TPSA) is 75.2 Å². The SMILES string of the molecule is O=C(O)c1cnc(COc2ccccc2Cl)[nH]1. The summed E-state index contributed by atoms with van der Waals surface area (Å²) in [6.07, 6.45) is 1.24. The summed E-state index contributed by atoms with van der Waals surface area (Å²) in [5, 5.41) is 9.19. The molecule has 0 bridgehead atoms. The van der Waals surface area contributed by atoms with Crippen molar-refractivity contribution in [2.24, 2.45) is 0 Å². The number of hydrogen-bond acceptors (Lipinski definition) is 3. The van der Waals surface area contributed by atoms with E-state index in [1.165, 1.54) is 6.20 Å². The predicted octanol–water partition coefficient (Wildman–Crippen LogP) is 2.34. The number of H-pyrrole nitrogens is 1. The van der Waals surface area contributed by atoms with Gasteiger partial charge < -0.3 is 14.8 Å². The average Bonchev–Trinajstić information content (AvgIpc) is 2.77. The molecule has 17 heavy (non-hydrogen) atoms. The first-order valence-corrected chi connectivity index (χ1v) is 5.19. The van der Waals surface area contributed by atoms with Gasteiger partial charge in [0, 0.05) is 0 Å². The van der Waals surface area contributed by atoms with Gasteiger partial charge in [0.1, 0.15) is 23.9 Å². The van der Waals surface area contributed by atoms with Gasteiger partial charge in [0.05, 0.1) is 11.2 Å². The second-order valence-corrected chi connectivity index (χ2v) is 3.68. The van der Waals surface area contributed by atoms with E-state index in [-0.39, 0.29) is 12.3 Å². The molecule has 6 heteroatoms. The Balaban J connectivity index is 2.02. The Hall–Kier alpha value is -2.01. The Morgan fingerprint density at radius 3 is 2.88 bits per heavy atom. The van der Waals surface area contributed by atoms with E-state index in [2.05, 4.69) is 9.97 Å². The van der Waals surface area contributed by atoms with E-state index >= 15 is 0 Å². The summed E-state index contributed by atoms with van der Waals surface area (Å²) in [5.74, 6) is -0.0914. The first-order valence-electron chi connectivity index (χ1n) is 4.81. The highest BCUT2D eigenvalue weighted by atomic mass is 35.5. The Bertz CT molecular complexity index is 539. The highest BCUT2D eigenvalue weighted by Crippen LogP contribution is 2.23. The number of hydrogen-bond donors (Lipinski definition) is 2. The zero-order chi connectivity index (χ0) is 12.3. The molecule has 2 aromatic rings. The van der Waals surface area contributed by atoms with Gasteiger partial charge in [-0.25, -0.2) is 9.78 Å². The zero-order valence-corrected chi connectivity index (χ0v) is 9.44. The fourth-order valence-corrected chi connectivity index (χ4v) is 1.44. The summed E-state index contributed by atoms with van der Waals surface area (Å²) >= 11 is 5.90. The summed E-state index contributed by atoms with van der Waals surface area (Å²) in [4.78, 5) is 17.1. The second-order valence-electron chi connectivity index (χ2n) is 3.27. The number of rotatable bonds is 4. The number of benzene rings is 1. The molecule has 0 spiro atoms. The van der Waals surface area contributed by atoms with E-state index in [1.54, 1.807) is 24.3 Å². The van der Waals surface area contributed by atoms with E-state index < -0.39 is 5.97 Å². The number of nitrogens with one attached hydrogen (secondary N) is 1. The van der Waals surface area contributed by atoms with Crippen LogP contribution in [0.4, 0.5) is 0 Å². The molecular formula is C11H9ClN2O3. The molecule has 0 amide bonds. The van der Waals surface area contributed by atoms with Gasteiger partial charge in [-0.05, 0) is 12.1 Å². The third kappa shape index (κ3) is 2.76. The minimum Gasteiger partial charge on any atom is -0.484 e. The molecule has 1 heterocycles. The second kappa shape index (κ2) is 4.88. The minimum absolute atomic E-state index is 0.0303. The number of imidazole rings is 1. The standard InChI is InChI=1S/C11H9ClN2O3/c12-7-3-1-2-4-9(7)17-6-10-13-5-8(14-10)11(15)16/h1-5H,6H2,(H,13,14)(H,15,16). The van der Waals surface area contributed by atoms with E-state index in [0.717, 1.165) is 0 Å². The largest absolute Gasteiger partial charge is 0.484 e. The molecule has 2 N–H and O–H groups in total. The summed E-state index contributed by atoms with van der Waals surface area (Å²) < 4.78 is 5.40. The summed E-state index contributed by atoms with van der Waals surface area (Å²) in [7, 11) is 0. The van der Waals surface area contributed by atoms with Gasteiger partial charge in [-0.3, -0.25) is 0 Å². The molecule has 0 aliphatic carbocycles. The number of aromatic carboxylic acids is 1. The fourth-order valence-electron chi connectivity index (χ4n) is 1.25. The number of carboxylic acid groups (broad SMARTS) is 1. The third-order valence-electron chi connectivity index (χ3n) is 2.06. The van der Waals surface area contributed by atoms with Crippen LogP contribution in [0.5, 0.6) is 5.75 Å². The van der Waals surface area contributed by atoms with Crippen LogP contribution in [-0.2, 0) is 6.61 Å². The lowest BCUT2D eigenvalue weighted by Crippen LogP contribution is -2.00. The van der Waals surface area contributed by atoms with Crippen molar-refractivity contribution in [1.29, 1.82) is 0 Å². The van der Waals surface area contributed by atoms with Crippen LogP contribution in [0.2, 0.25) is 5.02 Å². The van der Waals surface area contributed by atoms with Gasteiger partial charge in [0.15, 0.2) is 0 Å². The van der Waals surface area contributed by atoms with Crippen LogP contribution in [0.15, 0.2) is 30.5 Å². The van der Waals surface area contributed by atoms with Crippen molar-refractivity contribution >= 4 is 17.6 Å². The van der Waals surface area contributed by atoms with Gasteiger partial charge >= 0.3 is 5.97 Å². The lowest BCUT2D eigenvalue weighted by molar-refractivity contribution is 0.0691. The summed E-state index contributed by atoms with van der Waals surface area (Å²) in [6.45, 7) is 0.136. The quantitative estimate of drug-likeness (QED) is 0.876. The molecule has 0 radical (unpaired) electrons. The summed E-state index contributed by atoms with van der Waals surface area (Å²) in [6, 6.07) is 7.03. The average molecular weight is 253 g/mol. The van der Waals surface area contributed by atoms with Crippen LogP contribution in [0.25, 0.3) is 0 Å². The van der Waals surface area contributed by atoms with Crippen molar-refractivity contribution in [1.82, 2.24) is 9.97 Å². The number of aromatic nitrogens is 2. The van der Waals surface area contributed by atoms with Crippen LogP contribution >= 0.6 is 11.6 Å². The monoisotopic (exact) mass is 252 g/mol. The highest BCUT2D eigenvalue weighted by Gasteiger charge is 2.08. The minimum atomic E-state index is -1.05. The van der Waals surface area contributed by atoms with Crippen LogP contribution in [0.1, 0.15) is 16.3 Å². The molecule has 0 unspecified atom stereocenters. The van der Waals surface area contributed by atoms with E-state index in [1.807, 2.05) is 0 Å². The number of aromatic amines is 1. The van der Waals surface area contributed by atoms with Crippen LogP contribution < -0.4 is 4.74 Å². The first kappa shape index (κ1) is 11.5. The van der Waals surface area contributed by atoms with E-state index in [9.17, 15) is 4.79 Å². The third-order valence-corrected chi connectivity index (χ3v) is 2.37. The molecule has 0 fully saturated rings. The molecule has 2 rings (SSSR count). The molecule has 0 aliphatic heterocycles. The van der Waals surface area contributed by atoms with Gasteiger partial charge in [-0.2, -0.15) is 0 Å². The summed E-state index contributed by atoms with van der Waals surface area (Å²) in [5.41, 5.74) is 0.0303. The molecule has 1 aromatic heterocycles. The van der Waals surface area contributed by atoms with Crippen molar-refractivity contribution in [2.75, 3.05) is 0 Å². The Morgan fingerprint density at radius 1 is 1.47 bits per heavy atom. The Labute approximate surface area is 102 Å². The van der Waals surface area contributed by atoms with Crippen molar-refractivity contribution < 1.29 is 14.6 Å². The Kier molecular flexibility index (Phi) is 3.30. The maximum Gasteiger partial charge on any atom is 0.353 e. The highest BCUT2D eigenvalue weighted by molar-refractivity contribution is 6.32. The van der Waals surface area contributed by atoms with E-state index in [0.29, 0.717) is 16.6 Å². The van der Waals surface area contributed by atoms with Crippen LogP contribution in [0.3, 0.4) is 0 Å². The fraction of sp³-hybridized carbons (Fsp3) is 0.0909. The number of para-hydroxylation sites is 1. The molecule has 0 aliphatic rings.